The van der Waals surface area contributed by atoms with Gasteiger partial charge in [0.15, 0.2) is 0 Å². The van der Waals surface area contributed by atoms with E-state index in [-0.39, 0.29) is 30.9 Å². The van der Waals surface area contributed by atoms with Gasteiger partial charge in [-0.25, -0.2) is 0 Å². The van der Waals surface area contributed by atoms with Crippen molar-refractivity contribution in [1.82, 2.24) is 16.0 Å². The van der Waals surface area contributed by atoms with Crippen molar-refractivity contribution in [2.24, 2.45) is 5.73 Å². The Morgan fingerprint density at radius 3 is 2.22 bits per heavy atom. The summed E-state index contributed by atoms with van der Waals surface area (Å²) in [6.07, 6.45) is 1.82. The lowest BCUT2D eigenvalue weighted by atomic mass is 10.1. The smallest absolute Gasteiger partial charge is 0.246 e. The lowest BCUT2D eigenvalue weighted by Crippen LogP contribution is -2.48. The van der Waals surface area contributed by atoms with E-state index < -0.39 is 6.04 Å². The molecule has 0 spiro atoms. The molecule has 3 amide bonds. The predicted molar refractivity (Wildman–Crippen MR) is 84.6 cm³/mol. The van der Waals surface area contributed by atoms with Gasteiger partial charge in [0.05, 0.1) is 0 Å². The molecule has 0 aromatic rings. The SMILES string of the molecule is COCC(=O)NCCCCC(NC(=O)COC)C(=O)NCCN. The van der Waals surface area contributed by atoms with Crippen molar-refractivity contribution < 1.29 is 23.9 Å². The first-order valence-corrected chi connectivity index (χ1v) is 7.56. The zero-order valence-corrected chi connectivity index (χ0v) is 13.9. The quantitative estimate of drug-likeness (QED) is 0.292. The molecule has 0 aromatic heterocycles. The third-order valence-electron chi connectivity index (χ3n) is 2.89. The number of nitrogens with one attached hydrogen (secondary N) is 3. The topological polar surface area (TPSA) is 132 Å². The summed E-state index contributed by atoms with van der Waals surface area (Å²) in [6.45, 7) is 1.09. The molecule has 0 bridgehead atoms. The number of ether oxygens (including phenoxy) is 2. The van der Waals surface area contributed by atoms with Crippen LogP contribution in [-0.2, 0) is 23.9 Å². The van der Waals surface area contributed by atoms with Gasteiger partial charge >= 0.3 is 0 Å². The maximum absolute atomic E-state index is 12.0. The van der Waals surface area contributed by atoms with Gasteiger partial charge in [-0.3, -0.25) is 14.4 Å². The van der Waals surface area contributed by atoms with E-state index in [9.17, 15) is 14.4 Å². The average Bonchev–Trinajstić information content (AvgIpc) is 2.51. The molecular formula is C14H28N4O5. The molecule has 9 nitrogen and oxygen atoms in total. The summed E-state index contributed by atoms with van der Waals surface area (Å²) in [6, 6.07) is -0.640. The zero-order chi connectivity index (χ0) is 17.5. The van der Waals surface area contributed by atoms with Crippen molar-refractivity contribution >= 4 is 17.7 Å². The highest BCUT2D eigenvalue weighted by atomic mass is 16.5. The Balaban J connectivity index is 4.16. The molecule has 0 aliphatic heterocycles. The molecule has 0 saturated heterocycles. The van der Waals surface area contributed by atoms with Crippen LogP contribution in [0.1, 0.15) is 19.3 Å². The first-order valence-electron chi connectivity index (χ1n) is 7.56. The Morgan fingerprint density at radius 1 is 0.957 bits per heavy atom. The summed E-state index contributed by atoms with van der Waals surface area (Å²) in [7, 11) is 2.86. The fraction of sp³-hybridized carbons (Fsp3) is 0.786. The number of amides is 3. The van der Waals surface area contributed by atoms with Crippen molar-refractivity contribution in [1.29, 1.82) is 0 Å². The zero-order valence-electron chi connectivity index (χ0n) is 13.9. The van der Waals surface area contributed by atoms with Gasteiger partial charge in [-0.05, 0) is 19.3 Å². The van der Waals surface area contributed by atoms with Crippen molar-refractivity contribution in [2.75, 3.05) is 47.1 Å². The minimum absolute atomic E-state index is 0.0250. The Kier molecular flexibility index (Phi) is 12.9. The summed E-state index contributed by atoms with van der Waals surface area (Å²) in [5.41, 5.74) is 5.35. The van der Waals surface area contributed by atoms with Gasteiger partial charge in [0.1, 0.15) is 19.3 Å². The van der Waals surface area contributed by atoms with Crippen LogP contribution >= 0.6 is 0 Å². The molecule has 0 aromatic carbocycles. The van der Waals surface area contributed by atoms with Gasteiger partial charge in [-0.15, -0.1) is 0 Å². The van der Waals surface area contributed by atoms with Gasteiger partial charge < -0.3 is 31.2 Å². The van der Waals surface area contributed by atoms with Crippen LogP contribution in [0.3, 0.4) is 0 Å². The molecule has 5 N–H and O–H groups in total. The molecule has 9 heteroatoms. The van der Waals surface area contributed by atoms with Crippen LogP contribution < -0.4 is 21.7 Å². The monoisotopic (exact) mass is 332 g/mol. The highest BCUT2D eigenvalue weighted by Crippen LogP contribution is 2.01. The number of methoxy groups -OCH3 is 2. The molecule has 0 heterocycles. The van der Waals surface area contributed by atoms with Crippen LogP contribution in [0, 0.1) is 0 Å². The minimum atomic E-state index is -0.640. The van der Waals surface area contributed by atoms with Crippen LogP contribution in [0.15, 0.2) is 0 Å². The number of unbranched alkanes of at least 4 members (excludes halogenated alkanes) is 1. The van der Waals surface area contributed by atoms with Crippen molar-refractivity contribution in [2.45, 2.75) is 25.3 Å². The van der Waals surface area contributed by atoms with E-state index in [1.54, 1.807) is 0 Å². The molecule has 0 radical (unpaired) electrons. The molecule has 0 saturated carbocycles. The van der Waals surface area contributed by atoms with Crippen LogP contribution in [0.2, 0.25) is 0 Å². The molecule has 1 unspecified atom stereocenters. The number of nitrogens with two attached hydrogens (primary N) is 1. The van der Waals surface area contributed by atoms with E-state index in [1.807, 2.05) is 0 Å². The first-order chi connectivity index (χ1) is 11.0. The van der Waals surface area contributed by atoms with Crippen LogP contribution in [0.25, 0.3) is 0 Å². The van der Waals surface area contributed by atoms with E-state index >= 15 is 0 Å². The molecule has 134 valence electrons. The number of rotatable bonds is 13. The van der Waals surface area contributed by atoms with E-state index in [0.717, 1.165) is 0 Å². The fourth-order valence-corrected chi connectivity index (χ4v) is 1.84. The third kappa shape index (κ3) is 11.5. The minimum Gasteiger partial charge on any atom is -0.375 e. The van der Waals surface area contributed by atoms with Gasteiger partial charge in [-0.2, -0.15) is 0 Å². The largest absolute Gasteiger partial charge is 0.375 e. The summed E-state index contributed by atoms with van der Waals surface area (Å²) in [5.74, 6) is -0.810. The summed E-state index contributed by atoms with van der Waals surface area (Å²) in [4.78, 5) is 34.8. The van der Waals surface area contributed by atoms with E-state index in [4.69, 9.17) is 15.2 Å². The molecule has 0 aliphatic rings. The molecule has 0 aliphatic carbocycles. The standard InChI is InChI=1S/C14H28N4O5/c1-22-9-12(19)16-7-4-3-5-11(14(21)17-8-6-15)18-13(20)10-23-2/h11H,3-10,15H2,1-2H3,(H,16,19)(H,17,21)(H,18,20). The number of carbonyl (C=O) groups is 3. The van der Waals surface area contributed by atoms with Gasteiger partial charge in [-0.1, -0.05) is 0 Å². The van der Waals surface area contributed by atoms with E-state index in [0.29, 0.717) is 38.9 Å². The molecule has 0 fully saturated rings. The van der Waals surface area contributed by atoms with Crippen molar-refractivity contribution in [3.05, 3.63) is 0 Å². The summed E-state index contributed by atoms with van der Waals surface area (Å²) in [5, 5.41) is 7.97. The lowest BCUT2D eigenvalue weighted by Gasteiger charge is -2.18. The van der Waals surface area contributed by atoms with Gasteiger partial charge in [0.2, 0.25) is 17.7 Å². The second kappa shape index (κ2) is 13.9. The highest BCUT2D eigenvalue weighted by Gasteiger charge is 2.19. The highest BCUT2D eigenvalue weighted by molar-refractivity contribution is 5.88. The third-order valence-corrected chi connectivity index (χ3v) is 2.89. The van der Waals surface area contributed by atoms with Gasteiger partial charge in [0.25, 0.3) is 0 Å². The molecule has 1 atom stereocenters. The average molecular weight is 332 g/mol. The predicted octanol–water partition coefficient (Wildman–Crippen LogP) is -1.87. The van der Waals surface area contributed by atoms with Crippen LogP contribution in [0.4, 0.5) is 0 Å². The molecule has 23 heavy (non-hydrogen) atoms. The van der Waals surface area contributed by atoms with E-state index in [1.165, 1.54) is 14.2 Å². The molecular weight excluding hydrogens is 304 g/mol. The normalized spacial score (nSPS) is 11.6. The van der Waals surface area contributed by atoms with Crippen molar-refractivity contribution in [3.63, 3.8) is 0 Å². The Labute approximate surface area is 136 Å². The van der Waals surface area contributed by atoms with Crippen LogP contribution in [-0.4, -0.2) is 70.8 Å². The number of hydrogen-bond donors (Lipinski definition) is 4. The first kappa shape index (κ1) is 21.3. The van der Waals surface area contributed by atoms with E-state index in [2.05, 4.69) is 16.0 Å². The van der Waals surface area contributed by atoms with Gasteiger partial charge in [0, 0.05) is 33.9 Å². The Bertz CT molecular complexity index is 365. The second-order valence-corrected chi connectivity index (χ2v) is 4.91. The van der Waals surface area contributed by atoms with Crippen molar-refractivity contribution in [3.8, 4) is 0 Å². The lowest BCUT2D eigenvalue weighted by molar-refractivity contribution is -0.131. The maximum Gasteiger partial charge on any atom is 0.246 e. The Hall–Kier alpha value is -1.71. The Morgan fingerprint density at radius 2 is 1.61 bits per heavy atom. The second-order valence-electron chi connectivity index (χ2n) is 4.91. The summed E-state index contributed by atoms with van der Waals surface area (Å²) < 4.78 is 9.43. The summed E-state index contributed by atoms with van der Waals surface area (Å²) >= 11 is 0. The van der Waals surface area contributed by atoms with Crippen LogP contribution in [0.5, 0.6) is 0 Å². The number of hydrogen-bond acceptors (Lipinski definition) is 6. The number of carbonyl (C=O) groups excluding carboxylic acids is 3. The fourth-order valence-electron chi connectivity index (χ4n) is 1.84. The maximum atomic E-state index is 12.0. The molecule has 0 rings (SSSR count).